The molecule has 0 fully saturated rings. The molecule has 0 unspecified atom stereocenters. The van der Waals surface area contributed by atoms with Crippen molar-refractivity contribution in [1.82, 2.24) is 9.97 Å². The molecular weight excluding hydrogens is 247 g/mol. The van der Waals surface area contributed by atoms with Crippen molar-refractivity contribution >= 4 is 0 Å². The third-order valence-corrected chi connectivity index (χ3v) is 3.28. The fourth-order valence-electron chi connectivity index (χ4n) is 2.12. The Kier molecular flexibility index (Phi) is 2.91. The first-order valence-electron chi connectivity index (χ1n) is 6.11. The zero-order chi connectivity index (χ0) is 13.4. The molecular formula is C14H13FN2O2. The highest BCUT2D eigenvalue weighted by molar-refractivity contribution is 5.56. The minimum Gasteiger partial charge on any atom is -0.376 e. The zero-order valence-electron chi connectivity index (χ0n) is 10.5. The average Bonchev–Trinajstić information content (AvgIpc) is 2.42. The molecule has 0 amide bonds. The number of nitrogens with one attached hydrogen (secondary N) is 1. The lowest BCUT2D eigenvalue weighted by molar-refractivity contribution is 0.108. The molecule has 0 atom stereocenters. The number of benzene rings is 1. The normalized spacial score (nSPS) is 14.2. The maximum absolute atomic E-state index is 13.6. The lowest BCUT2D eigenvalue weighted by Crippen LogP contribution is -2.24. The first-order valence-corrected chi connectivity index (χ1v) is 6.11. The van der Waals surface area contributed by atoms with Crippen LogP contribution in [0.4, 0.5) is 4.39 Å². The van der Waals surface area contributed by atoms with Crippen molar-refractivity contribution in [2.24, 2.45) is 0 Å². The van der Waals surface area contributed by atoms with Gasteiger partial charge in [0.05, 0.1) is 24.5 Å². The van der Waals surface area contributed by atoms with Crippen molar-refractivity contribution in [3.8, 4) is 11.4 Å². The van der Waals surface area contributed by atoms with Gasteiger partial charge in [0, 0.05) is 12.0 Å². The molecule has 19 heavy (non-hydrogen) atoms. The predicted octanol–water partition coefficient (Wildman–Crippen LogP) is 1.96. The standard InChI is InChI=1S/C14H13FN2O2/c1-8-2-3-9(6-11(8)15)13-16-12-4-5-19-7-10(12)14(18)17-13/h2-3,6H,4-5,7H2,1H3,(H,16,17,18). The van der Waals surface area contributed by atoms with Gasteiger partial charge in [-0.05, 0) is 18.6 Å². The van der Waals surface area contributed by atoms with Gasteiger partial charge in [-0.3, -0.25) is 4.79 Å². The Morgan fingerprint density at radius 1 is 1.42 bits per heavy atom. The lowest BCUT2D eigenvalue weighted by Gasteiger charge is -2.15. The van der Waals surface area contributed by atoms with Crippen molar-refractivity contribution in [2.45, 2.75) is 20.0 Å². The molecule has 0 radical (unpaired) electrons. The number of aryl methyl sites for hydroxylation is 1. The first-order chi connectivity index (χ1) is 9.15. The second kappa shape index (κ2) is 4.59. The van der Waals surface area contributed by atoms with Crippen molar-refractivity contribution in [1.29, 1.82) is 0 Å². The topological polar surface area (TPSA) is 55.0 Å². The molecule has 1 aromatic heterocycles. The molecule has 0 saturated heterocycles. The van der Waals surface area contributed by atoms with Crippen LogP contribution in [0.1, 0.15) is 16.8 Å². The van der Waals surface area contributed by atoms with E-state index in [4.69, 9.17) is 4.74 Å². The number of nitrogens with zero attached hydrogens (tertiary/aromatic N) is 1. The number of halogens is 1. The van der Waals surface area contributed by atoms with E-state index in [-0.39, 0.29) is 11.4 Å². The average molecular weight is 260 g/mol. The zero-order valence-corrected chi connectivity index (χ0v) is 10.5. The van der Waals surface area contributed by atoms with Gasteiger partial charge in [0.1, 0.15) is 11.6 Å². The maximum atomic E-state index is 13.6. The van der Waals surface area contributed by atoms with Crippen LogP contribution in [-0.2, 0) is 17.8 Å². The van der Waals surface area contributed by atoms with Crippen molar-refractivity contribution in [2.75, 3.05) is 6.61 Å². The molecule has 1 N–H and O–H groups in total. The summed E-state index contributed by atoms with van der Waals surface area (Å²) in [4.78, 5) is 19.0. The Labute approximate surface area is 109 Å². The Morgan fingerprint density at radius 3 is 3.05 bits per heavy atom. The highest BCUT2D eigenvalue weighted by atomic mass is 19.1. The molecule has 4 nitrogen and oxygen atoms in total. The molecule has 0 saturated carbocycles. The van der Waals surface area contributed by atoms with Crippen molar-refractivity contribution in [3.05, 3.63) is 51.2 Å². The van der Waals surface area contributed by atoms with Gasteiger partial charge in [0.15, 0.2) is 0 Å². The molecule has 0 aliphatic carbocycles. The van der Waals surface area contributed by atoms with Crippen LogP contribution in [0, 0.1) is 12.7 Å². The van der Waals surface area contributed by atoms with E-state index >= 15 is 0 Å². The van der Waals surface area contributed by atoms with Gasteiger partial charge in [0.2, 0.25) is 0 Å². The number of hydrogen-bond acceptors (Lipinski definition) is 3. The number of ether oxygens (including phenoxy) is 1. The minimum atomic E-state index is -0.304. The summed E-state index contributed by atoms with van der Waals surface area (Å²) in [6.45, 7) is 2.55. The van der Waals surface area contributed by atoms with Crippen molar-refractivity contribution in [3.63, 3.8) is 0 Å². The summed E-state index contributed by atoms with van der Waals surface area (Å²) < 4.78 is 18.8. The van der Waals surface area contributed by atoms with Crippen LogP contribution in [0.5, 0.6) is 0 Å². The molecule has 1 aliphatic rings. The summed E-state index contributed by atoms with van der Waals surface area (Å²) in [7, 11) is 0. The minimum absolute atomic E-state index is 0.208. The van der Waals surface area contributed by atoms with E-state index in [2.05, 4.69) is 9.97 Å². The van der Waals surface area contributed by atoms with Gasteiger partial charge in [-0.15, -0.1) is 0 Å². The Morgan fingerprint density at radius 2 is 2.26 bits per heavy atom. The number of aromatic amines is 1. The second-order valence-electron chi connectivity index (χ2n) is 4.61. The molecule has 5 heteroatoms. The number of hydrogen-bond donors (Lipinski definition) is 1. The first kappa shape index (κ1) is 12.0. The second-order valence-corrected chi connectivity index (χ2v) is 4.61. The van der Waals surface area contributed by atoms with Crippen LogP contribution in [0.25, 0.3) is 11.4 Å². The molecule has 2 aromatic rings. The summed E-state index contributed by atoms with van der Waals surface area (Å²) in [6.07, 6.45) is 0.612. The highest BCUT2D eigenvalue weighted by Crippen LogP contribution is 2.19. The number of fused-ring (bicyclic) bond motifs is 1. The summed E-state index contributed by atoms with van der Waals surface area (Å²) >= 11 is 0. The molecule has 0 spiro atoms. The third kappa shape index (κ3) is 2.17. The fraction of sp³-hybridized carbons (Fsp3) is 0.286. The van der Waals surface area contributed by atoms with Gasteiger partial charge in [-0.1, -0.05) is 12.1 Å². The summed E-state index contributed by atoms with van der Waals surface area (Å²) in [5, 5.41) is 0. The van der Waals surface area contributed by atoms with E-state index in [9.17, 15) is 9.18 Å². The Balaban J connectivity index is 2.12. The number of H-pyrrole nitrogens is 1. The van der Waals surface area contributed by atoms with Crippen LogP contribution in [-0.4, -0.2) is 16.6 Å². The van der Waals surface area contributed by atoms with Gasteiger partial charge in [-0.25, -0.2) is 9.37 Å². The predicted molar refractivity (Wildman–Crippen MR) is 68.3 cm³/mol. The van der Waals surface area contributed by atoms with Crippen LogP contribution < -0.4 is 5.56 Å². The lowest BCUT2D eigenvalue weighted by atomic mass is 10.1. The van der Waals surface area contributed by atoms with Crippen LogP contribution in [0.3, 0.4) is 0 Å². The molecule has 1 aliphatic heterocycles. The van der Waals surface area contributed by atoms with E-state index < -0.39 is 0 Å². The largest absolute Gasteiger partial charge is 0.376 e. The molecule has 98 valence electrons. The van der Waals surface area contributed by atoms with Gasteiger partial charge in [0.25, 0.3) is 5.56 Å². The van der Waals surface area contributed by atoms with E-state index in [1.807, 2.05) is 0 Å². The van der Waals surface area contributed by atoms with Gasteiger partial charge < -0.3 is 9.72 Å². The smallest absolute Gasteiger partial charge is 0.256 e. The van der Waals surface area contributed by atoms with Gasteiger partial charge >= 0.3 is 0 Å². The summed E-state index contributed by atoms with van der Waals surface area (Å²) in [5.74, 6) is 0.103. The van der Waals surface area contributed by atoms with E-state index in [1.165, 1.54) is 6.07 Å². The van der Waals surface area contributed by atoms with Crippen LogP contribution >= 0.6 is 0 Å². The fourth-order valence-corrected chi connectivity index (χ4v) is 2.12. The third-order valence-electron chi connectivity index (χ3n) is 3.28. The summed E-state index contributed by atoms with van der Waals surface area (Å²) in [6, 6.07) is 4.81. The Hall–Kier alpha value is -2.01. The summed E-state index contributed by atoms with van der Waals surface area (Å²) in [5.41, 5.74) is 2.25. The maximum Gasteiger partial charge on any atom is 0.256 e. The van der Waals surface area contributed by atoms with E-state index in [0.717, 1.165) is 5.69 Å². The quantitative estimate of drug-likeness (QED) is 0.852. The monoisotopic (exact) mass is 260 g/mol. The van der Waals surface area contributed by atoms with Crippen molar-refractivity contribution < 1.29 is 9.13 Å². The number of aromatic nitrogens is 2. The Bertz CT molecular complexity index is 694. The SMILES string of the molecule is Cc1ccc(-c2nc3c(c(=O)[nH]2)COCC3)cc1F. The van der Waals surface area contributed by atoms with Crippen LogP contribution in [0.15, 0.2) is 23.0 Å². The van der Waals surface area contributed by atoms with E-state index in [0.29, 0.717) is 42.1 Å². The number of rotatable bonds is 1. The molecule has 2 heterocycles. The molecule has 1 aromatic carbocycles. The molecule has 0 bridgehead atoms. The van der Waals surface area contributed by atoms with Crippen LogP contribution in [0.2, 0.25) is 0 Å². The highest BCUT2D eigenvalue weighted by Gasteiger charge is 2.16. The molecule has 3 rings (SSSR count). The van der Waals surface area contributed by atoms with Gasteiger partial charge in [-0.2, -0.15) is 0 Å². The van der Waals surface area contributed by atoms with E-state index in [1.54, 1.807) is 19.1 Å².